The van der Waals surface area contributed by atoms with E-state index >= 15 is 0 Å². The topological polar surface area (TPSA) is 29.9 Å². The fourth-order valence-electron chi connectivity index (χ4n) is 1.93. The molecule has 0 radical (unpaired) electrons. The Morgan fingerprint density at radius 3 is 2.65 bits per heavy atom. The van der Waals surface area contributed by atoms with Crippen LogP contribution in [0.4, 0.5) is 5.82 Å². The molecule has 17 heavy (non-hydrogen) atoms. The summed E-state index contributed by atoms with van der Waals surface area (Å²) in [7, 11) is 0. The molecule has 3 heterocycles. The normalized spacial score (nSPS) is 10.9. The summed E-state index contributed by atoms with van der Waals surface area (Å²) in [5.41, 5.74) is 5.72. The Morgan fingerprint density at radius 1 is 1.12 bits per heavy atom. The smallest absolute Gasteiger partial charge is 0.153 e. The monoisotopic (exact) mass is 243 g/mol. The molecule has 0 unspecified atom stereocenters. The minimum Gasteiger partial charge on any atom is -0.277 e. The van der Waals surface area contributed by atoms with Gasteiger partial charge >= 0.3 is 0 Å². The number of fused-ring (bicyclic) bond motifs is 1. The molecule has 0 saturated carbocycles. The van der Waals surface area contributed by atoms with Crippen LogP contribution in [-0.2, 0) is 0 Å². The van der Waals surface area contributed by atoms with Crippen LogP contribution in [0.2, 0.25) is 0 Å². The van der Waals surface area contributed by atoms with Gasteiger partial charge in [0.15, 0.2) is 5.82 Å². The highest BCUT2D eigenvalue weighted by molar-refractivity contribution is 7.17. The summed E-state index contributed by atoms with van der Waals surface area (Å²) >= 11 is 1.73. The minimum absolute atomic E-state index is 0.908. The molecule has 3 aromatic rings. The average Bonchev–Trinajstić information content (AvgIpc) is 2.91. The van der Waals surface area contributed by atoms with E-state index in [4.69, 9.17) is 0 Å². The van der Waals surface area contributed by atoms with E-state index in [0.29, 0.717) is 0 Å². The van der Waals surface area contributed by atoms with Gasteiger partial charge in [-0.15, -0.1) is 11.3 Å². The summed E-state index contributed by atoms with van der Waals surface area (Å²) in [5.74, 6) is 0.908. The molecule has 0 spiro atoms. The lowest BCUT2D eigenvalue weighted by atomic mass is 10.3. The molecule has 0 bridgehead atoms. The van der Waals surface area contributed by atoms with Gasteiger partial charge in [0, 0.05) is 27.7 Å². The van der Waals surface area contributed by atoms with E-state index in [0.717, 1.165) is 5.82 Å². The molecule has 0 aliphatic heterocycles. The summed E-state index contributed by atoms with van der Waals surface area (Å²) in [4.78, 5) is 4.41. The summed E-state index contributed by atoms with van der Waals surface area (Å²) < 4.78 is 3.31. The second-order valence-corrected chi connectivity index (χ2v) is 5.00. The highest BCUT2D eigenvalue weighted by atomic mass is 32.1. The van der Waals surface area contributed by atoms with Gasteiger partial charge in [0.05, 0.1) is 0 Å². The molecule has 3 rings (SSSR count). The molecule has 0 atom stereocenters. The molecular weight excluding hydrogens is 230 g/mol. The zero-order valence-corrected chi connectivity index (χ0v) is 10.6. The summed E-state index contributed by atoms with van der Waals surface area (Å²) in [6.07, 6.45) is 1.84. The number of aryl methyl sites for hydroxylation is 2. The lowest BCUT2D eigenvalue weighted by molar-refractivity contribution is 0.874. The van der Waals surface area contributed by atoms with Crippen LogP contribution in [0.3, 0.4) is 0 Å². The van der Waals surface area contributed by atoms with Crippen molar-refractivity contribution in [1.29, 1.82) is 0 Å². The van der Waals surface area contributed by atoms with Crippen LogP contribution < -0.4 is 5.43 Å². The fraction of sp³-hybridized carbons (Fsp3) is 0.154. The number of anilines is 1. The van der Waals surface area contributed by atoms with Crippen LogP contribution in [-0.4, -0.2) is 9.66 Å². The number of thiophene rings is 1. The van der Waals surface area contributed by atoms with Crippen LogP contribution in [0.15, 0.2) is 35.8 Å². The van der Waals surface area contributed by atoms with Gasteiger partial charge in [0.25, 0.3) is 0 Å². The van der Waals surface area contributed by atoms with Crippen molar-refractivity contribution in [2.45, 2.75) is 13.8 Å². The number of hydrogen-bond donors (Lipinski definition) is 1. The Kier molecular flexibility index (Phi) is 2.37. The third kappa shape index (κ3) is 1.70. The molecule has 1 N–H and O–H groups in total. The van der Waals surface area contributed by atoms with Crippen molar-refractivity contribution < 1.29 is 0 Å². The standard InChI is InChI=1S/C13H13N3S/c1-9-3-4-10(2)16(9)15-13-11-6-8-17-12(11)5-7-14-13/h3-8H,1-2H3,(H,14,15). The molecule has 0 amide bonds. The lowest BCUT2D eigenvalue weighted by Crippen LogP contribution is -2.13. The summed E-state index contributed by atoms with van der Waals surface area (Å²) in [5, 5.41) is 3.26. The predicted octanol–water partition coefficient (Wildman–Crippen LogP) is 3.59. The molecule has 0 aliphatic rings. The van der Waals surface area contributed by atoms with Crippen molar-refractivity contribution in [2.24, 2.45) is 0 Å². The highest BCUT2D eigenvalue weighted by Crippen LogP contribution is 2.26. The third-order valence-electron chi connectivity index (χ3n) is 2.87. The Labute approximate surface area is 104 Å². The second kappa shape index (κ2) is 3.89. The maximum absolute atomic E-state index is 4.41. The zero-order valence-electron chi connectivity index (χ0n) is 9.77. The SMILES string of the molecule is Cc1ccc(C)n1Nc1nccc2sccc12. The van der Waals surface area contributed by atoms with E-state index < -0.39 is 0 Å². The van der Waals surface area contributed by atoms with Crippen molar-refractivity contribution in [1.82, 2.24) is 9.66 Å². The molecule has 0 aromatic carbocycles. The van der Waals surface area contributed by atoms with Gasteiger partial charge in [-0.3, -0.25) is 10.1 Å². The van der Waals surface area contributed by atoms with Gasteiger partial charge < -0.3 is 0 Å². The van der Waals surface area contributed by atoms with E-state index in [9.17, 15) is 0 Å². The zero-order chi connectivity index (χ0) is 11.8. The first kappa shape index (κ1) is 10.4. The predicted molar refractivity (Wildman–Crippen MR) is 72.5 cm³/mol. The number of pyridine rings is 1. The molecule has 0 aliphatic carbocycles. The molecule has 86 valence electrons. The van der Waals surface area contributed by atoms with Crippen molar-refractivity contribution in [3.63, 3.8) is 0 Å². The number of hydrogen-bond acceptors (Lipinski definition) is 3. The highest BCUT2D eigenvalue weighted by Gasteiger charge is 2.06. The van der Waals surface area contributed by atoms with E-state index in [-0.39, 0.29) is 0 Å². The Bertz CT molecular complexity index is 647. The summed E-state index contributed by atoms with van der Waals surface area (Å²) in [6, 6.07) is 8.33. The molecular formula is C13H13N3S. The van der Waals surface area contributed by atoms with Crippen molar-refractivity contribution >= 4 is 27.2 Å². The number of aromatic nitrogens is 2. The lowest BCUT2D eigenvalue weighted by Gasteiger charge is -2.12. The quantitative estimate of drug-likeness (QED) is 0.745. The first-order valence-electron chi connectivity index (χ1n) is 5.50. The Morgan fingerprint density at radius 2 is 1.88 bits per heavy atom. The van der Waals surface area contributed by atoms with Crippen LogP contribution >= 0.6 is 11.3 Å². The number of nitrogens with zero attached hydrogens (tertiary/aromatic N) is 2. The van der Waals surface area contributed by atoms with Crippen LogP contribution in [0.25, 0.3) is 10.1 Å². The van der Waals surface area contributed by atoms with E-state index in [1.807, 2.05) is 12.3 Å². The maximum Gasteiger partial charge on any atom is 0.153 e. The Hall–Kier alpha value is -1.81. The third-order valence-corrected chi connectivity index (χ3v) is 3.75. The molecule has 3 aromatic heterocycles. The van der Waals surface area contributed by atoms with E-state index in [1.54, 1.807) is 11.3 Å². The number of nitrogens with one attached hydrogen (secondary N) is 1. The van der Waals surface area contributed by atoms with Gasteiger partial charge in [-0.1, -0.05) is 0 Å². The average molecular weight is 243 g/mol. The van der Waals surface area contributed by atoms with Crippen LogP contribution in [0, 0.1) is 13.8 Å². The first-order valence-corrected chi connectivity index (χ1v) is 6.38. The van der Waals surface area contributed by atoms with E-state index in [1.165, 1.54) is 21.5 Å². The van der Waals surface area contributed by atoms with Crippen molar-refractivity contribution in [2.75, 3.05) is 5.43 Å². The van der Waals surface area contributed by atoms with Gasteiger partial charge in [0.1, 0.15) is 0 Å². The summed E-state index contributed by atoms with van der Waals surface area (Å²) in [6.45, 7) is 4.15. The number of rotatable bonds is 2. The van der Waals surface area contributed by atoms with Crippen molar-refractivity contribution in [3.05, 3.63) is 47.2 Å². The van der Waals surface area contributed by atoms with Crippen LogP contribution in [0.1, 0.15) is 11.4 Å². The van der Waals surface area contributed by atoms with Gasteiger partial charge in [-0.05, 0) is 43.5 Å². The molecule has 0 fully saturated rings. The maximum atomic E-state index is 4.41. The second-order valence-electron chi connectivity index (χ2n) is 4.06. The fourth-order valence-corrected chi connectivity index (χ4v) is 2.72. The van der Waals surface area contributed by atoms with Gasteiger partial charge in [-0.25, -0.2) is 4.98 Å². The molecule has 3 nitrogen and oxygen atoms in total. The van der Waals surface area contributed by atoms with Crippen LogP contribution in [0.5, 0.6) is 0 Å². The largest absolute Gasteiger partial charge is 0.277 e. The first-order chi connectivity index (χ1) is 8.25. The minimum atomic E-state index is 0.908. The van der Waals surface area contributed by atoms with Gasteiger partial charge in [-0.2, -0.15) is 0 Å². The Balaban J connectivity index is 2.08. The van der Waals surface area contributed by atoms with E-state index in [2.05, 4.69) is 52.5 Å². The van der Waals surface area contributed by atoms with Gasteiger partial charge in [0.2, 0.25) is 0 Å². The molecule has 0 saturated heterocycles. The van der Waals surface area contributed by atoms with Crippen molar-refractivity contribution in [3.8, 4) is 0 Å². The molecule has 4 heteroatoms.